The zero-order valence-electron chi connectivity index (χ0n) is 16.8. The van der Waals surface area contributed by atoms with Gasteiger partial charge in [-0.15, -0.1) is 13.2 Å². The van der Waals surface area contributed by atoms with Crippen molar-refractivity contribution in [1.82, 2.24) is 9.29 Å². The maximum Gasteiger partial charge on any atom is 0.573 e. The van der Waals surface area contributed by atoms with Crippen molar-refractivity contribution in [3.05, 3.63) is 47.9 Å². The number of aliphatic hydroxyl groups is 2. The molecule has 1 unspecified atom stereocenters. The fraction of sp³-hybridized carbons (Fsp3) is 0.368. The fourth-order valence-electron chi connectivity index (χ4n) is 3.19. The molecule has 0 bridgehead atoms. The van der Waals surface area contributed by atoms with Crippen LogP contribution in [0.5, 0.6) is 11.5 Å². The van der Waals surface area contributed by atoms with Crippen LogP contribution in [0.2, 0.25) is 0 Å². The van der Waals surface area contributed by atoms with Crippen molar-refractivity contribution in [3.8, 4) is 17.6 Å². The smallest absolute Gasteiger partial charge is 0.486 e. The van der Waals surface area contributed by atoms with Gasteiger partial charge >= 0.3 is 6.36 Å². The van der Waals surface area contributed by atoms with Gasteiger partial charge in [0.25, 0.3) is 10.0 Å². The molecule has 1 aromatic heterocycles. The van der Waals surface area contributed by atoms with Crippen molar-refractivity contribution >= 4 is 10.0 Å². The van der Waals surface area contributed by atoms with E-state index >= 15 is 0 Å². The Labute approximate surface area is 185 Å². The first-order valence-electron chi connectivity index (χ1n) is 9.25. The Kier molecular flexibility index (Phi) is 6.53. The molecule has 9 nitrogen and oxygen atoms in total. The molecule has 2 heterocycles. The molecule has 0 spiro atoms. The number of hydrogen-bond acceptors (Lipinski definition) is 8. The summed E-state index contributed by atoms with van der Waals surface area (Å²) in [6.07, 6.45) is -7.25. The van der Waals surface area contributed by atoms with Crippen molar-refractivity contribution in [2.75, 3.05) is 13.1 Å². The van der Waals surface area contributed by atoms with Crippen LogP contribution in [-0.2, 0) is 10.0 Å². The maximum absolute atomic E-state index is 13.9. The van der Waals surface area contributed by atoms with Crippen LogP contribution in [0.3, 0.4) is 0 Å². The lowest BCUT2D eigenvalue weighted by atomic mass is 9.94. The molecule has 178 valence electrons. The van der Waals surface area contributed by atoms with Gasteiger partial charge in [-0.3, -0.25) is 0 Å². The molecule has 1 aromatic carbocycles. The van der Waals surface area contributed by atoms with E-state index in [2.05, 4.69) is 9.72 Å². The van der Waals surface area contributed by atoms with Gasteiger partial charge in [-0.1, -0.05) is 0 Å². The van der Waals surface area contributed by atoms with E-state index in [4.69, 9.17) is 10.00 Å². The third-order valence-electron chi connectivity index (χ3n) is 4.97. The summed E-state index contributed by atoms with van der Waals surface area (Å²) in [6.45, 7) is 0.0696. The number of nitrogens with zero attached hydrogens (tertiary/aromatic N) is 3. The van der Waals surface area contributed by atoms with E-state index in [1.807, 2.05) is 0 Å². The Morgan fingerprint density at radius 3 is 2.48 bits per heavy atom. The molecule has 3 atom stereocenters. The third-order valence-corrected chi connectivity index (χ3v) is 6.69. The van der Waals surface area contributed by atoms with Crippen LogP contribution in [0.15, 0.2) is 41.6 Å². The molecule has 0 amide bonds. The first-order valence-corrected chi connectivity index (χ1v) is 10.7. The van der Waals surface area contributed by atoms with Gasteiger partial charge in [-0.05, 0) is 31.2 Å². The van der Waals surface area contributed by atoms with Crippen LogP contribution in [0.4, 0.5) is 17.6 Å². The van der Waals surface area contributed by atoms with E-state index in [1.165, 1.54) is 13.0 Å². The second-order valence-corrected chi connectivity index (χ2v) is 9.09. The molecular weight excluding hydrogens is 474 g/mol. The predicted molar refractivity (Wildman–Crippen MR) is 102 cm³/mol. The molecule has 1 aliphatic rings. The number of ether oxygens (including phenoxy) is 2. The molecule has 14 heteroatoms. The van der Waals surface area contributed by atoms with Crippen LogP contribution in [-0.4, -0.2) is 65.2 Å². The summed E-state index contributed by atoms with van der Waals surface area (Å²) in [7, 11) is -4.43. The van der Waals surface area contributed by atoms with Crippen LogP contribution in [0.25, 0.3) is 0 Å². The van der Waals surface area contributed by atoms with Crippen molar-refractivity contribution < 1.29 is 45.7 Å². The van der Waals surface area contributed by atoms with Crippen LogP contribution < -0.4 is 9.47 Å². The van der Waals surface area contributed by atoms with E-state index in [-0.39, 0.29) is 11.3 Å². The summed E-state index contributed by atoms with van der Waals surface area (Å²) in [5, 5.41) is 29.2. The van der Waals surface area contributed by atoms with Crippen LogP contribution in [0, 0.1) is 17.1 Å². The van der Waals surface area contributed by atoms with E-state index in [9.17, 15) is 36.2 Å². The fourth-order valence-corrected chi connectivity index (χ4v) is 4.58. The number of halogens is 4. The minimum absolute atomic E-state index is 0.124. The summed E-state index contributed by atoms with van der Waals surface area (Å²) < 4.78 is 86.6. The Bertz CT molecular complexity index is 1170. The second-order valence-electron chi connectivity index (χ2n) is 7.20. The Hall–Kier alpha value is -2.99. The normalized spacial score (nSPS) is 22.5. The van der Waals surface area contributed by atoms with Gasteiger partial charge in [0, 0.05) is 12.6 Å². The maximum atomic E-state index is 13.9. The van der Waals surface area contributed by atoms with Crippen LogP contribution in [0.1, 0.15) is 12.5 Å². The quantitative estimate of drug-likeness (QED) is 0.582. The zero-order valence-corrected chi connectivity index (χ0v) is 17.6. The number of benzene rings is 1. The molecular formula is C19H17F4N3O6S. The Morgan fingerprint density at radius 2 is 1.97 bits per heavy atom. The summed E-state index contributed by atoms with van der Waals surface area (Å²) in [5.74, 6) is -1.75. The Morgan fingerprint density at radius 1 is 1.30 bits per heavy atom. The third kappa shape index (κ3) is 5.17. The topological polar surface area (TPSA) is 133 Å². The van der Waals surface area contributed by atoms with E-state index in [1.54, 1.807) is 6.07 Å². The monoisotopic (exact) mass is 491 g/mol. The average Bonchev–Trinajstić information content (AvgIpc) is 3.06. The van der Waals surface area contributed by atoms with Crippen molar-refractivity contribution in [3.63, 3.8) is 0 Å². The van der Waals surface area contributed by atoms with Gasteiger partial charge in [-0.25, -0.2) is 17.8 Å². The standard InChI is InChI=1S/C19H17F4N3O6S/c1-11(27)18(28)10-26(9-16(18)31-13-3-2-12(7-24)15(20)6-13)33(29,30)17-5-4-14(8-25-17)32-19(21,22)23/h2-6,8,11,16,27-28H,9-10H2,1H3/t11?,16-,18+/m0/s1. The zero-order chi connectivity index (χ0) is 24.6. The SMILES string of the molecule is CC(O)[C@]1(O)CN(S(=O)(=O)c2ccc(OC(F)(F)F)cn2)C[C@@H]1Oc1ccc(C#N)c(F)c1. The highest BCUT2D eigenvalue weighted by atomic mass is 32.2. The lowest BCUT2D eigenvalue weighted by molar-refractivity contribution is -0.274. The first-order chi connectivity index (χ1) is 15.3. The number of pyridine rings is 1. The van der Waals surface area contributed by atoms with Gasteiger partial charge in [-0.2, -0.15) is 9.57 Å². The highest BCUT2D eigenvalue weighted by Gasteiger charge is 2.54. The predicted octanol–water partition coefficient (Wildman–Crippen LogP) is 1.55. The lowest BCUT2D eigenvalue weighted by Gasteiger charge is -2.31. The van der Waals surface area contributed by atoms with E-state index in [0.29, 0.717) is 6.20 Å². The molecule has 0 saturated carbocycles. The largest absolute Gasteiger partial charge is 0.573 e. The molecule has 1 fully saturated rings. The lowest BCUT2D eigenvalue weighted by Crippen LogP contribution is -2.53. The molecule has 2 aromatic rings. The molecule has 3 rings (SSSR count). The number of aliphatic hydroxyl groups excluding tert-OH is 1. The Balaban J connectivity index is 1.85. The summed E-state index contributed by atoms with van der Waals surface area (Å²) >= 11 is 0. The van der Waals surface area contributed by atoms with Gasteiger partial charge in [0.2, 0.25) is 0 Å². The summed E-state index contributed by atoms with van der Waals surface area (Å²) in [5.41, 5.74) is -2.37. The van der Waals surface area contributed by atoms with Crippen molar-refractivity contribution in [2.24, 2.45) is 0 Å². The van der Waals surface area contributed by atoms with E-state index in [0.717, 1.165) is 28.6 Å². The number of hydrogen-bond donors (Lipinski definition) is 2. The average molecular weight is 491 g/mol. The minimum Gasteiger partial charge on any atom is -0.486 e. The van der Waals surface area contributed by atoms with E-state index < -0.39 is 63.9 Å². The van der Waals surface area contributed by atoms with Crippen molar-refractivity contribution in [1.29, 1.82) is 5.26 Å². The molecule has 0 aliphatic carbocycles. The number of alkyl halides is 3. The number of sulfonamides is 1. The number of rotatable bonds is 6. The molecule has 33 heavy (non-hydrogen) atoms. The van der Waals surface area contributed by atoms with Crippen molar-refractivity contribution in [2.45, 2.75) is 36.1 Å². The molecule has 1 aliphatic heterocycles. The second kappa shape index (κ2) is 8.75. The van der Waals surface area contributed by atoms with Crippen LogP contribution >= 0.6 is 0 Å². The number of β-amino-alcohol motifs (C(OH)–C–C–N with tert-alkyl or cyclic N) is 1. The van der Waals surface area contributed by atoms with Gasteiger partial charge in [0.1, 0.15) is 35.1 Å². The number of nitriles is 1. The summed E-state index contributed by atoms with van der Waals surface area (Å²) in [4.78, 5) is 3.49. The summed E-state index contributed by atoms with van der Waals surface area (Å²) in [6, 6.07) is 6.42. The highest BCUT2D eigenvalue weighted by Crippen LogP contribution is 2.33. The first kappa shape index (κ1) is 24.6. The van der Waals surface area contributed by atoms with Gasteiger partial charge < -0.3 is 19.7 Å². The van der Waals surface area contributed by atoms with Gasteiger partial charge in [0.15, 0.2) is 5.03 Å². The highest BCUT2D eigenvalue weighted by molar-refractivity contribution is 7.89. The van der Waals surface area contributed by atoms with Gasteiger partial charge in [0.05, 0.1) is 24.4 Å². The molecule has 0 radical (unpaired) electrons. The minimum atomic E-state index is -4.99. The molecule has 1 saturated heterocycles. The molecule has 2 N–H and O–H groups in total. The number of aromatic nitrogens is 1.